The van der Waals surface area contributed by atoms with E-state index in [2.05, 4.69) is 64.5 Å². The number of hydrogen-bond donors (Lipinski definition) is 0. The van der Waals surface area contributed by atoms with Gasteiger partial charge in [0.15, 0.2) is 4.96 Å². The molecule has 25 heavy (non-hydrogen) atoms. The van der Waals surface area contributed by atoms with E-state index in [9.17, 15) is 0 Å². The van der Waals surface area contributed by atoms with Crippen LogP contribution in [0.25, 0.3) is 32.5 Å². The Hall–Kier alpha value is -2.59. The molecule has 2 aromatic heterocycles. The summed E-state index contributed by atoms with van der Waals surface area (Å²) in [7, 11) is 0. The van der Waals surface area contributed by atoms with Gasteiger partial charge in [0.05, 0.1) is 15.9 Å². The van der Waals surface area contributed by atoms with E-state index in [1.54, 1.807) is 11.3 Å². The molecule has 0 N–H and O–H groups in total. The molecule has 3 heterocycles. The maximum absolute atomic E-state index is 4.84. The Morgan fingerprint density at radius 2 is 1.84 bits per heavy atom. The highest BCUT2D eigenvalue weighted by atomic mass is 32.1. The number of fused-ring (bicyclic) bond motifs is 3. The van der Waals surface area contributed by atoms with Crippen LogP contribution < -0.4 is 4.90 Å². The lowest BCUT2D eigenvalue weighted by Crippen LogP contribution is -2.17. The van der Waals surface area contributed by atoms with Gasteiger partial charge in [0, 0.05) is 30.5 Å². The molecular weight excluding hydrogens is 326 g/mol. The summed E-state index contributed by atoms with van der Waals surface area (Å²) >= 11 is 1.73. The lowest BCUT2D eigenvalue weighted by molar-refractivity contribution is 0.949. The summed E-state index contributed by atoms with van der Waals surface area (Å²) in [6.45, 7) is 6.21. The molecule has 1 aliphatic heterocycles. The molecule has 4 aromatic rings. The standard InChI is InChI=1S/C21H19N3S/c1-2-15-5-10-19-20(13-15)25-21-22-18(14-24(19)21)16-6-8-17(9-7-16)23-11-3-4-12-23/h2,5-10,13-14H,1,3-4,11-12H2. The predicted molar refractivity (Wildman–Crippen MR) is 108 cm³/mol. The van der Waals surface area contributed by atoms with E-state index >= 15 is 0 Å². The Kier molecular flexibility index (Phi) is 3.38. The number of hydrogen-bond acceptors (Lipinski definition) is 3. The monoisotopic (exact) mass is 345 g/mol. The molecule has 0 aliphatic carbocycles. The summed E-state index contributed by atoms with van der Waals surface area (Å²) in [5.41, 5.74) is 5.89. The molecule has 0 radical (unpaired) electrons. The van der Waals surface area contributed by atoms with Gasteiger partial charge in [-0.1, -0.05) is 42.2 Å². The zero-order chi connectivity index (χ0) is 16.8. The van der Waals surface area contributed by atoms with Crippen LogP contribution in [-0.2, 0) is 0 Å². The van der Waals surface area contributed by atoms with Gasteiger partial charge in [0.25, 0.3) is 0 Å². The smallest absolute Gasteiger partial charge is 0.195 e. The van der Waals surface area contributed by atoms with Crippen LogP contribution in [-0.4, -0.2) is 22.5 Å². The maximum Gasteiger partial charge on any atom is 0.195 e. The number of imidazole rings is 1. The predicted octanol–water partition coefficient (Wildman–Crippen LogP) is 5.46. The summed E-state index contributed by atoms with van der Waals surface area (Å²) in [6, 6.07) is 15.3. The highest BCUT2D eigenvalue weighted by Crippen LogP contribution is 2.31. The number of benzene rings is 2. The van der Waals surface area contributed by atoms with Crippen molar-refractivity contribution in [1.29, 1.82) is 0 Å². The molecule has 0 saturated carbocycles. The lowest BCUT2D eigenvalue weighted by atomic mass is 10.1. The van der Waals surface area contributed by atoms with E-state index in [1.807, 2.05) is 6.08 Å². The Morgan fingerprint density at radius 1 is 1.04 bits per heavy atom. The summed E-state index contributed by atoms with van der Waals surface area (Å²) in [5, 5.41) is 0. The first-order valence-electron chi connectivity index (χ1n) is 8.71. The fraction of sp³-hybridized carbons (Fsp3) is 0.190. The fourth-order valence-corrected chi connectivity index (χ4v) is 4.66. The zero-order valence-corrected chi connectivity index (χ0v) is 14.8. The molecule has 3 nitrogen and oxygen atoms in total. The number of thiazole rings is 1. The second-order valence-electron chi connectivity index (χ2n) is 6.55. The summed E-state index contributed by atoms with van der Waals surface area (Å²) in [4.78, 5) is 8.34. The van der Waals surface area contributed by atoms with E-state index in [4.69, 9.17) is 4.98 Å². The average Bonchev–Trinajstić information content (AvgIpc) is 3.37. The molecule has 2 aromatic carbocycles. The second kappa shape index (κ2) is 5.74. The minimum absolute atomic E-state index is 1.04. The average molecular weight is 345 g/mol. The largest absolute Gasteiger partial charge is 0.372 e. The first-order valence-corrected chi connectivity index (χ1v) is 9.53. The Bertz CT molecular complexity index is 1070. The van der Waals surface area contributed by atoms with Crippen LogP contribution in [0.2, 0.25) is 0 Å². The van der Waals surface area contributed by atoms with Crippen LogP contribution in [0.3, 0.4) is 0 Å². The Labute approximate surface area is 150 Å². The van der Waals surface area contributed by atoms with E-state index in [0.717, 1.165) is 16.2 Å². The molecule has 5 rings (SSSR count). The van der Waals surface area contributed by atoms with Crippen molar-refractivity contribution in [3.63, 3.8) is 0 Å². The van der Waals surface area contributed by atoms with Gasteiger partial charge in [-0.15, -0.1) is 0 Å². The van der Waals surface area contributed by atoms with Gasteiger partial charge in [-0.25, -0.2) is 4.98 Å². The molecule has 0 unspecified atom stereocenters. The van der Waals surface area contributed by atoms with E-state index in [1.165, 1.54) is 47.4 Å². The molecule has 1 aliphatic rings. The third-order valence-electron chi connectivity index (χ3n) is 4.99. The topological polar surface area (TPSA) is 20.5 Å². The maximum atomic E-state index is 4.84. The minimum Gasteiger partial charge on any atom is -0.372 e. The Balaban J connectivity index is 1.53. The first kappa shape index (κ1) is 14.7. The summed E-state index contributed by atoms with van der Waals surface area (Å²) in [6.07, 6.45) is 6.64. The molecule has 1 saturated heterocycles. The molecule has 1 fully saturated rings. The molecule has 0 bridgehead atoms. The van der Waals surface area contributed by atoms with Crippen molar-refractivity contribution in [2.75, 3.05) is 18.0 Å². The van der Waals surface area contributed by atoms with Gasteiger partial charge in [0.1, 0.15) is 0 Å². The van der Waals surface area contributed by atoms with Gasteiger partial charge in [-0.05, 0) is 42.7 Å². The normalized spacial score (nSPS) is 14.6. The number of rotatable bonds is 3. The second-order valence-corrected chi connectivity index (χ2v) is 7.56. The van der Waals surface area contributed by atoms with Crippen molar-refractivity contribution >= 4 is 38.3 Å². The van der Waals surface area contributed by atoms with Gasteiger partial charge in [0.2, 0.25) is 0 Å². The van der Waals surface area contributed by atoms with Crippen LogP contribution in [0.1, 0.15) is 18.4 Å². The molecule has 124 valence electrons. The number of aromatic nitrogens is 2. The highest BCUT2D eigenvalue weighted by molar-refractivity contribution is 7.23. The fourth-order valence-electron chi connectivity index (χ4n) is 3.60. The molecule has 4 heteroatoms. The Morgan fingerprint density at radius 3 is 2.60 bits per heavy atom. The quantitative estimate of drug-likeness (QED) is 0.491. The van der Waals surface area contributed by atoms with Gasteiger partial charge in [-0.2, -0.15) is 0 Å². The van der Waals surface area contributed by atoms with Crippen molar-refractivity contribution in [1.82, 2.24) is 9.38 Å². The van der Waals surface area contributed by atoms with Crippen LogP contribution in [0.5, 0.6) is 0 Å². The van der Waals surface area contributed by atoms with Crippen molar-refractivity contribution in [2.24, 2.45) is 0 Å². The molecule has 0 spiro atoms. The van der Waals surface area contributed by atoms with Crippen molar-refractivity contribution in [2.45, 2.75) is 12.8 Å². The van der Waals surface area contributed by atoms with Crippen molar-refractivity contribution in [3.8, 4) is 11.3 Å². The summed E-state index contributed by atoms with van der Waals surface area (Å²) < 4.78 is 3.44. The third-order valence-corrected chi connectivity index (χ3v) is 6.01. The van der Waals surface area contributed by atoms with Crippen LogP contribution in [0, 0.1) is 0 Å². The van der Waals surface area contributed by atoms with E-state index in [-0.39, 0.29) is 0 Å². The van der Waals surface area contributed by atoms with Gasteiger partial charge < -0.3 is 4.90 Å². The van der Waals surface area contributed by atoms with Crippen LogP contribution >= 0.6 is 11.3 Å². The minimum atomic E-state index is 1.04. The third kappa shape index (κ3) is 2.45. The van der Waals surface area contributed by atoms with E-state index < -0.39 is 0 Å². The lowest BCUT2D eigenvalue weighted by Gasteiger charge is -2.17. The van der Waals surface area contributed by atoms with E-state index in [0.29, 0.717) is 0 Å². The number of nitrogens with zero attached hydrogens (tertiary/aromatic N) is 3. The van der Waals surface area contributed by atoms with Crippen LogP contribution in [0.15, 0.2) is 55.2 Å². The SMILES string of the molecule is C=Cc1ccc2c(c1)sc1nc(-c3ccc(N4CCCC4)cc3)cn12. The van der Waals surface area contributed by atoms with Crippen molar-refractivity contribution < 1.29 is 0 Å². The number of anilines is 1. The highest BCUT2D eigenvalue weighted by Gasteiger charge is 2.13. The van der Waals surface area contributed by atoms with Crippen molar-refractivity contribution in [3.05, 3.63) is 60.8 Å². The molecular formula is C21H19N3S. The van der Waals surface area contributed by atoms with Gasteiger partial charge >= 0.3 is 0 Å². The molecule has 0 atom stereocenters. The first-order chi connectivity index (χ1) is 12.3. The summed E-state index contributed by atoms with van der Waals surface area (Å²) in [5.74, 6) is 0. The zero-order valence-electron chi connectivity index (χ0n) is 14.0. The van der Waals surface area contributed by atoms with Gasteiger partial charge in [-0.3, -0.25) is 4.40 Å². The van der Waals surface area contributed by atoms with Crippen LogP contribution in [0.4, 0.5) is 5.69 Å². The molecule has 0 amide bonds.